The van der Waals surface area contributed by atoms with Gasteiger partial charge in [0.25, 0.3) is 0 Å². The van der Waals surface area contributed by atoms with Crippen LogP contribution < -0.4 is 4.31 Å². The van der Waals surface area contributed by atoms with Gasteiger partial charge in [-0.3, -0.25) is 9.10 Å². The molecule has 0 atom stereocenters. The lowest BCUT2D eigenvalue weighted by molar-refractivity contribution is -0.135. The second-order valence-corrected chi connectivity index (χ2v) is 5.05. The van der Waals surface area contributed by atoms with Crippen LogP contribution in [-0.2, 0) is 14.8 Å². The molecule has 0 saturated carbocycles. The van der Waals surface area contributed by atoms with E-state index in [9.17, 15) is 17.6 Å². The Morgan fingerprint density at radius 1 is 1.38 bits per heavy atom. The third-order valence-electron chi connectivity index (χ3n) is 1.79. The molecule has 0 bridgehead atoms. The molecule has 88 valence electrons. The summed E-state index contributed by atoms with van der Waals surface area (Å²) in [7, 11) is -3.70. The SMILES string of the molecule is CS(=O)(=O)N(CC(=O)O)c1ccc(F)cc1. The third-order valence-corrected chi connectivity index (χ3v) is 2.93. The largest absolute Gasteiger partial charge is 0.480 e. The summed E-state index contributed by atoms with van der Waals surface area (Å²) in [6.07, 6.45) is 0.888. The van der Waals surface area contributed by atoms with Crippen LogP contribution in [0.3, 0.4) is 0 Å². The standard InChI is InChI=1S/C9H10FNO4S/c1-16(14,15)11(6-9(12)13)8-4-2-7(10)3-5-8/h2-5H,6H2,1H3,(H,12,13). The van der Waals surface area contributed by atoms with Gasteiger partial charge in [0, 0.05) is 0 Å². The molecule has 0 amide bonds. The van der Waals surface area contributed by atoms with E-state index in [-0.39, 0.29) is 5.69 Å². The Bertz CT molecular complexity index is 483. The minimum atomic E-state index is -3.70. The Morgan fingerprint density at radius 2 is 1.88 bits per heavy atom. The van der Waals surface area contributed by atoms with Gasteiger partial charge in [0.05, 0.1) is 11.9 Å². The van der Waals surface area contributed by atoms with Crippen molar-refractivity contribution in [3.05, 3.63) is 30.1 Å². The van der Waals surface area contributed by atoms with Crippen molar-refractivity contribution in [3.63, 3.8) is 0 Å². The summed E-state index contributed by atoms with van der Waals surface area (Å²) in [4.78, 5) is 10.5. The van der Waals surface area contributed by atoms with E-state index in [1.54, 1.807) is 0 Å². The van der Waals surface area contributed by atoms with Crippen molar-refractivity contribution in [2.24, 2.45) is 0 Å². The number of anilines is 1. The summed E-state index contributed by atoms with van der Waals surface area (Å²) >= 11 is 0. The number of halogens is 1. The molecular formula is C9H10FNO4S. The topological polar surface area (TPSA) is 74.7 Å². The van der Waals surface area contributed by atoms with E-state index in [1.807, 2.05) is 0 Å². The van der Waals surface area contributed by atoms with Gasteiger partial charge in [0.2, 0.25) is 10.0 Å². The maximum Gasteiger partial charge on any atom is 0.324 e. The van der Waals surface area contributed by atoms with Crippen molar-refractivity contribution in [2.75, 3.05) is 17.1 Å². The predicted molar refractivity (Wildman–Crippen MR) is 56.2 cm³/mol. The summed E-state index contributed by atoms with van der Waals surface area (Å²) in [5.74, 6) is -1.80. The number of sulfonamides is 1. The zero-order chi connectivity index (χ0) is 12.3. The van der Waals surface area contributed by atoms with Gasteiger partial charge in [-0.25, -0.2) is 12.8 Å². The number of carboxylic acid groups (broad SMARTS) is 1. The Hall–Kier alpha value is -1.63. The lowest BCUT2D eigenvalue weighted by Crippen LogP contribution is -2.34. The first kappa shape index (κ1) is 12.4. The molecule has 0 heterocycles. The molecule has 0 unspecified atom stereocenters. The fourth-order valence-electron chi connectivity index (χ4n) is 1.13. The van der Waals surface area contributed by atoms with Crippen molar-refractivity contribution in [3.8, 4) is 0 Å². The van der Waals surface area contributed by atoms with Crippen molar-refractivity contribution in [1.29, 1.82) is 0 Å². The molecule has 1 aromatic rings. The Labute approximate surface area is 92.2 Å². The van der Waals surface area contributed by atoms with E-state index < -0.39 is 28.4 Å². The maximum absolute atomic E-state index is 12.6. The van der Waals surface area contributed by atoms with Crippen LogP contribution in [0.5, 0.6) is 0 Å². The molecule has 0 fully saturated rings. The average molecular weight is 247 g/mol. The number of rotatable bonds is 4. The second-order valence-electron chi connectivity index (χ2n) is 3.14. The fraction of sp³-hybridized carbons (Fsp3) is 0.222. The fourth-order valence-corrected chi connectivity index (χ4v) is 1.98. The van der Waals surface area contributed by atoms with E-state index in [4.69, 9.17) is 5.11 Å². The van der Waals surface area contributed by atoms with E-state index >= 15 is 0 Å². The van der Waals surface area contributed by atoms with Crippen LogP contribution in [0.4, 0.5) is 10.1 Å². The Balaban J connectivity index is 3.11. The average Bonchev–Trinajstić information content (AvgIpc) is 2.14. The van der Waals surface area contributed by atoms with Crippen LogP contribution in [0.2, 0.25) is 0 Å². The molecule has 0 aliphatic rings. The predicted octanol–water partition coefficient (Wildman–Crippen LogP) is 0.676. The van der Waals surface area contributed by atoms with Crippen LogP contribution in [-0.4, -0.2) is 32.3 Å². The highest BCUT2D eigenvalue weighted by molar-refractivity contribution is 7.92. The molecule has 1 rings (SSSR count). The lowest BCUT2D eigenvalue weighted by atomic mass is 10.3. The van der Waals surface area contributed by atoms with E-state index in [0.29, 0.717) is 4.31 Å². The van der Waals surface area contributed by atoms with Gasteiger partial charge in [-0.2, -0.15) is 0 Å². The molecule has 0 spiro atoms. The summed E-state index contributed by atoms with van der Waals surface area (Å²) in [5, 5.41) is 8.58. The molecule has 0 aliphatic heterocycles. The van der Waals surface area contributed by atoms with Crippen molar-refractivity contribution < 1.29 is 22.7 Å². The van der Waals surface area contributed by atoms with Gasteiger partial charge in [-0.15, -0.1) is 0 Å². The summed E-state index contributed by atoms with van der Waals surface area (Å²) in [5.41, 5.74) is 0.117. The van der Waals surface area contributed by atoms with Gasteiger partial charge in [-0.05, 0) is 24.3 Å². The Kier molecular flexibility index (Phi) is 3.48. The highest BCUT2D eigenvalue weighted by Crippen LogP contribution is 2.17. The molecule has 16 heavy (non-hydrogen) atoms. The number of aliphatic carboxylic acids is 1. The van der Waals surface area contributed by atoms with Crippen LogP contribution in [0, 0.1) is 5.82 Å². The molecule has 0 aromatic heterocycles. The number of hydrogen-bond donors (Lipinski definition) is 1. The first-order valence-corrected chi connectivity index (χ1v) is 6.10. The summed E-state index contributed by atoms with van der Waals surface area (Å²) in [6, 6.07) is 4.55. The first-order chi connectivity index (χ1) is 7.30. The van der Waals surface area contributed by atoms with Gasteiger partial charge in [0.15, 0.2) is 0 Å². The zero-order valence-electron chi connectivity index (χ0n) is 8.42. The monoisotopic (exact) mass is 247 g/mol. The molecular weight excluding hydrogens is 237 g/mol. The molecule has 5 nitrogen and oxygen atoms in total. The molecule has 1 aromatic carbocycles. The summed E-state index contributed by atoms with van der Waals surface area (Å²) in [6.45, 7) is -0.690. The molecule has 7 heteroatoms. The van der Waals surface area contributed by atoms with Gasteiger partial charge in [0.1, 0.15) is 12.4 Å². The van der Waals surface area contributed by atoms with Crippen LogP contribution >= 0.6 is 0 Å². The number of benzene rings is 1. The van der Waals surface area contributed by atoms with Crippen LogP contribution in [0.1, 0.15) is 0 Å². The number of nitrogens with zero attached hydrogens (tertiary/aromatic N) is 1. The molecule has 1 N–H and O–H groups in total. The smallest absolute Gasteiger partial charge is 0.324 e. The number of carbonyl (C=O) groups is 1. The molecule has 0 radical (unpaired) electrons. The van der Waals surface area contributed by atoms with Crippen molar-refractivity contribution in [1.82, 2.24) is 0 Å². The van der Waals surface area contributed by atoms with Crippen LogP contribution in [0.15, 0.2) is 24.3 Å². The van der Waals surface area contributed by atoms with Gasteiger partial charge in [-0.1, -0.05) is 0 Å². The molecule has 0 saturated heterocycles. The van der Waals surface area contributed by atoms with E-state index in [2.05, 4.69) is 0 Å². The van der Waals surface area contributed by atoms with Crippen LogP contribution in [0.25, 0.3) is 0 Å². The zero-order valence-corrected chi connectivity index (χ0v) is 9.24. The Morgan fingerprint density at radius 3 is 2.25 bits per heavy atom. The number of carboxylic acids is 1. The minimum absolute atomic E-state index is 0.117. The highest BCUT2D eigenvalue weighted by Gasteiger charge is 2.20. The van der Waals surface area contributed by atoms with Crippen molar-refractivity contribution in [2.45, 2.75) is 0 Å². The molecule has 0 aliphatic carbocycles. The summed E-state index contributed by atoms with van der Waals surface area (Å²) < 4.78 is 36.0. The minimum Gasteiger partial charge on any atom is -0.480 e. The second kappa shape index (κ2) is 4.48. The normalized spacial score (nSPS) is 11.1. The van der Waals surface area contributed by atoms with Crippen molar-refractivity contribution >= 4 is 21.7 Å². The van der Waals surface area contributed by atoms with E-state index in [1.165, 1.54) is 12.1 Å². The first-order valence-electron chi connectivity index (χ1n) is 4.26. The maximum atomic E-state index is 12.6. The number of hydrogen-bond acceptors (Lipinski definition) is 3. The van der Waals surface area contributed by atoms with Gasteiger partial charge >= 0.3 is 5.97 Å². The van der Waals surface area contributed by atoms with Gasteiger partial charge < -0.3 is 5.11 Å². The quantitative estimate of drug-likeness (QED) is 0.848. The van der Waals surface area contributed by atoms with E-state index in [0.717, 1.165) is 18.4 Å². The highest BCUT2D eigenvalue weighted by atomic mass is 32.2. The lowest BCUT2D eigenvalue weighted by Gasteiger charge is -2.19. The third kappa shape index (κ3) is 3.20.